The van der Waals surface area contributed by atoms with Gasteiger partial charge in [0.15, 0.2) is 0 Å². The predicted octanol–water partition coefficient (Wildman–Crippen LogP) is 1.49. The molecule has 0 N–H and O–H groups in total. The monoisotopic (exact) mass is 140 g/mol. The van der Waals surface area contributed by atoms with Crippen molar-refractivity contribution in [3.8, 4) is 0 Å². The van der Waals surface area contributed by atoms with Gasteiger partial charge in [0.2, 0.25) is 0 Å². The molecule has 2 heteroatoms. The largest absolute Gasteiger partial charge is 0.462 e. The summed E-state index contributed by atoms with van der Waals surface area (Å²) in [6, 6.07) is 0. The minimum atomic E-state index is -0.116. The van der Waals surface area contributed by atoms with Crippen molar-refractivity contribution in [2.45, 2.75) is 38.7 Å². The van der Waals surface area contributed by atoms with Crippen LogP contribution in [-0.2, 0) is 9.53 Å². The van der Waals surface area contributed by atoms with Crippen molar-refractivity contribution in [1.82, 2.24) is 0 Å². The quantitative estimate of drug-likeness (QED) is 0.476. The average molecular weight is 140 g/mol. The molecule has 3 fully saturated rings. The lowest BCUT2D eigenvalue weighted by Gasteiger charge is -2.41. The first kappa shape index (κ1) is 6.20. The summed E-state index contributed by atoms with van der Waals surface area (Å²) in [6.07, 6.45) is 4.51. The molecule has 0 amide bonds. The summed E-state index contributed by atoms with van der Waals surface area (Å²) < 4.78 is 5.15. The zero-order valence-electron chi connectivity index (χ0n) is 6.22. The van der Waals surface area contributed by atoms with Gasteiger partial charge in [-0.25, -0.2) is 0 Å². The van der Waals surface area contributed by atoms with Crippen LogP contribution in [0, 0.1) is 5.41 Å². The molecule has 3 aliphatic rings. The Labute approximate surface area is 60.6 Å². The van der Waals surface area contributed by atoms with Gasteiger partial charge < -0.3 is 4.74 Å². The van der Waals surface area contributed by atoms with Crippen LogP contribution in [-0.4, -0.2) is 12.1 Å². The first-order valence-corrected chi connectivity index (χ1v) is 3.92. The number of esters is 1. The highest BCUT2D eigenvalue weighted by Gasteiger charge is 2.45. The van der Waals surface area contributed by atoms with Crippen molar-refractivity contribution in [3.63, 3.8) is 0 Å². The van der Waals surface area contributed by atoms with Gasteiger partial charge in [-0.3, -0.25) is 4.79 Å². The predicted molar refractivity (Wildman–Crippen MR) is 36.5 cm³/mol. The smallest absolute Gasteiger partial charge is 0.312 e. The van der Waals surface area contributed by atoms with E-state index in [0.29, 0.717) is 0 Å². The molecule has 56 valence electrons. The van der Waals surface area contributed by atoms with Crippen molar-refractivity contribution >= 4 is 5.97 Å². The van der Waals surface area contributed by atoms with Gasteiger partial charge in [-0.2, -0.15) is 0 Å². The number of fused-ring (bicyclic) bond motifs is 3. The number of rotatable bonds is 0. The Bertz CT molecular complexity index is 166. The van der Waals surface area contributed by atoms with E-state index >= 15 is 0 Å². The van der Waals surface area contributed by atoms with Gasteiger partial charge in [-0.15, -0.1) is 0 Å². The molecule has 2 nitrogen and oxygen atoms in total. The number of hydrogen-bond acceptors (Lipinski definition) is 2. The summed E-state index contributed by atoms with van der Waals surface area (Å²) in [5, 5.41) is 0. The Kier molecular flexibility index (Phi) is 1.08. The van der Waals surface area contributed by atoms with Gasteiger partial charge in [-0.05, 0) is 32.6 Å². The fourth-order valence-corrected chi connectivity index (χ4v) is 1.84. The van der Waals surface area contributed by atoms with Crippen molar-refractivity contribution < 1.29 is 9.53 Å². The van der Waals surface area contributed by atoms with E-state index in [4.69, 9.17) is 4.74 Å². The lowest BCUT2D eigenvalue weighted by atomic mass is 9.72. The molecule has 2 heterocycles. The molecule has 0 aromatic carbocycles. The van der Waals surface area contributed by atoms with E-state index < -0.39 is 0 Å². The molecular weight excluding hydrogens is 128 g/mol. The summed E-state index contributed by atoms with van der Waals surface area (Å²) in [6.45, 7) is 2.02. The van der Waals surface area contributed by atoms with E-state index in [1.165, 1.54) is 0 Å². The van der Waals surface area contributed by atoms with Crippen LogP contribution < -0.4 is 0 Å². The van der Waals surface area contributed by atoms with E-state index in [-0.39, 0.29) is 17.5 Å². The molecule has 0 spiro atoms. The molecule has 1 aliphatic carbocycles. The van der Waals surface area contributed by atoms with E-state index in [2.05, 4.69) is 0 Å². The molecule has 2 aliphatic heterocycles. The van der Waals surface area contributed by atoms with Gasteiger partial charge in [-0.1, -0.05) is 0 Å². The fourth-order valence-electron chi connectivity index (χ4n) is 1.84. The minimum absolute atomic E-state index is 0.0370. The van der Waals surface area contributed by atoms with Crippen LogP contribution in [0.15, 0.2) is 0 Å². The van der Waals surface area contributed by atoms with Gasteiger partial charge >= 0.3 is 5.97 Å². The maximum absolute atomic E-state index is 11.2. The van der Waals surface area contributed by atoms with Crippen LogP contribution in [0.25, 0.3) is 0 Å². The molecule has 3 rings (SSSR count). The molecule has 2 bridgehead atoms. The van der Waals surface area contributed by atoms with Crippen LogP contribution in [0.5, 0.6) is 0 Å². The third-order valence-corrected chi connectivity index (χ3v) is 2.80. The summed E-state index contributed by atoms with van der Waals surface area (Å²) >= 11 is 0. The Morgan fingerprint density at radius 2 is 2.10 bits per heavy atom. The van der Waals surface area contributed by atoms with Crippen molar-refractivity contribution in [1.29, 1.82) is 0 Å². The van der Waals surface area contributed by atoms with E-state index in [1.54, 1.807) is 0 Å². The zero-order chi connectivity index (χ0) is 7.19. The maximum Gasteiger partial charge on any atom is 0.312 e. The highest BCUT2D eigenvalue weighted by atomic mass is 16.5. The summed E-state index contributed by atoms with van der Waals surface area (Å²) in [7, 11) is 0. The molecule has 2 saturated heterocycles. The lowest BCUT2D eigenvalue weighted by Crippen LogP contribution is -2.44. The number of hydrogen-bond donors (Lipinski definition) is 0. The van der Waals surface area contributed by atoms with Crippen molar-refractivity contribution in [2.75, 3.05) is 0 Å². The molecule has 1 saturated carbocycles. The number of carbonyl (C=O) groups excluding carboxylic acids is 1. The standard InChI is InChI=1S/C8H12O2/c1-8-4-2-6(3-5-8)10-7(8)9/h6H,2-5H2,1H3. The number of ether oxygens (including phenoxy) is 1. The van der Waals surface area contributed by atoms with Crippen molar-refractivity contribution in [2.24, 2.45) is 5.41 Å². The SMILES string of the molecule is CC12CCC(CC1)OC2=O. The molecule has 10 heavy (non-hydrogen) atoms. The van der Waals surface area contributed by atoms with Crippen LogP contribution in [0.3, 0.4) is 0 Å². The Balaban J connectivity index is 2.25. The normalized spacial score (nSPS) is 45.3. The van der Waals surface area contributed by atoms with Gasteiger partial charge in [0, 0.05) is 0 Å². The first-order chi connectivity index (χ1) is 4.71. The van der Waals surface area contributed by atoms with Crippen LogP contribution >= 0.6 is 0 Å². The van der Waals surface area contributed by atoms with E-state index in [0.717, 1.165) is 25.7 Å². The Hall–Kier alpha value is -0.530. The van der Waals surface area contributed by atoms with Crippen molar-refractivity contribution in [3.05, 3.63) is 0 Å². The second-order valence-corrected chi connectivity index (χ2v) is 3.67. The molecule has 0 radical (unpaired) electrons. The molecular formula is C8H12O2. The van der Waals surface area contributed by atoms with Crippen LogP contribution in [0.2, 0.25) is 0 Å². The summed E-state index contributed by atoms with van der Waals surface area (Å²) in [5.41, 5.74) is -0.116. The van der Waals surface area contributed by atoms with Crippen LogP contribution in [0.1, 0.15) is 32.6 Å². The molecule has 0 unspecified atom stereocenters. The lowest BCUT2D eigenvalue weighted by molar-refractivity contribution is -0.179. The molecule has 0 atom stereocenters. The topological polar surface area (TPSA) is 26.3 Å². The summed E-state index contributed by atoms with van der Waals surface area (Å²) in [5.74, 6) is 0.0370. The molecule has 0 aromatic rings. The molecule has 0 aromatic heterocycles. The van der Waals surface area contributed by atoms with Gasteiger partial charge in [0.25, 0.3) is 0 Å². The highest BCUT2D eigenvalue weighted by molar-refractivity contribution is 5.78. The Morgan fingerprint density at radius 1 is 1.50 bits per heavy atom. The minimum Gasteiger partial charge on any atom is -0.462 e. The van der Waals surface area contributed by atoms with Crippen LogP contribution in [0.4, 0.5) is 0 Å². The summed E-state index contributed by atoms with van der Waals surface area (Å²) in [4.78, 5) is 11.2. The van der Waals surface area contributed by atoms with E-state index in [9.17, 15) is 4.79 Å². The van der Waals surface area contributed by atoms with Gasteiger partial charge in [0.05, 0.1) is 5.41 Å². The first-order valence-electron chi connectivity index (χ1n) is 3.92. The average Bonchev–Trinajstić information content (AvgIpc) is 1.92. The highest BCUT2D eigenvalue weighted by Crippen LogP contribution is 2.43. The maximum atomic E-state index is 11.2. The van der Waals surface area contributed by atoms with E-state index in [1.807, 2.05) is 6.92 Å². The second-order valence-electron chi connectivity index (χ2n) is 3.67. The third kappa shape index (κ3) is 0.678. The third-order valence-electron chi connectivity index (χ3n) is 2.80. The number of carbonyl (C=O) groups is 1. The zero-order valence-corrected chi connectivity index (χ0v) is 6.22. The fraction of sp³-hybridized carbons (Fsp3) is 0.875. The van der Waals surface area contributed by atoms with Gasteiger partial charge in [0.1, 0.15) is 6.10 Å². The second kappa shape index (κ2) is 1.74. The Morgan fingerprint density at radius 3 is 2.40 bits per heavy atom.